The van der Waals surface area contributed by atoms with Crippen LogP contribution in [-0.2, 0) is 4.74 Å². The van der Waals surface area contributed by atoms with Gasteiger partial charge in [-0.1, -0.05) is 0 Å². The highest BCUT2D eigenvalue weighted by Crippen LogP contribution is 2.15. The maximum Gasteiger partial charge on any atom is 0.229 e. The molecule has 0 aliphatic carbocycles. The molecule has 1 rings (SSSR count). The van der Waals surface area contributed by atoms with Crippen molar-refractivity contribution in [3.63, 3.8) is 0 Å². The van der Waals surface area contributed by atoms with Crippen molar-refractivity contribution >= 4 is 15.9 Å². The fraction of sp³-hybridized carbons (Fsp3) is 0.200. The van der Waals surface area contributed by atoms with E-state index in [0.29, 0.717) is 4.48 Å². The van der Waals surface area contributed by atoms with Crippen molar-refractivity contribution in [3.05, 3.63) is 22.9 Å². The summed E-state index contributed by atoms with van der Waals surface area (Å²) in [4.78, 5) is 0. The van der Waals surface area contributed by atoms with Gasteiger partial charge in [-0.15, -0.1) is 0 Å². The second-order valence-electron chi connectivity index (χ2n) is 1.37. The van der Waals surface area contributed by atoms with Crippen LogP contribution in [0, 0.1) is 0 Å². The van der Waals surface area contributed by atoms with Gasteiger partial charge in [-0.3, -0.25) is 0 Å². The highest BCUT2D eigenvalue weighted by Gasteiger charge is 2.07. The molecule has 0 aromatic carbocycles. The van der Waals surface area contributed by atoms with Crippen molar-refractivity contribution in [1.29, 1.82) is 0 Å². The van der Waals surface area contributed by atoms with Crippen LogP contribution < -0.4 is 0 Å². The van der Waals surface area contributed by atoms with E-state index in [1.165, 1.54) is 6.26 Å². The summed E-state index contributed by atoms with van der Waals surface area (Å²) in [6.07, 6.45) is 4.07. The van der Waals surface area contributed by atoms with Crippen LogP contribution in [0.25, 0.3) is 0 Å². The van der Waals surface area contributed by atoms with Crippen LogP contribution in [0.15, 0.2) is 22.9 Å². The van der Waals surface area contributed by atoms with Crippen molar-refractivity contribution in [3.8, 4) is 0 Å². The van der Waals surface area contributed by atoms with Crippen LogP contribution in [-0.4, -0.2) is 11.4 Å². The van der Waals surface area contributed by atoms with E-state index >= 15 is 0 Å². The second-order valence-corrected chi connectivity index (χ2v) is 2.28. The van der Waals surface area contributed by atoms with Gasteiger partial charge >= 0.3 is 0 Å². The van der Waals surface area contributed by atoms with E-state index in [4.69, 9.17) is 5.11 Å². The Bertz CT molecular complexity index is 139. The molecule has 0 amide bonds. The van der Waals surface area contributed by atoms with Crippen molar-refractivity contribution in [1.82, 2.24) is 0 Å². The van der Waals surface area contributed by atoms with Gasteiger partial charge in [0, 0.05) is 0 Å². The second kappa shape index (κ2) is 2.33. The average Bonchev–Trinajstić information content (AvgIpc) is 1.77. The predicted molar refractivity (Wildman–Crippen MR) is 33.2 cm³/mol. The summed E-state index contributed by atoms with van der Waals surface area (Å²) in [6, 6.07) is 0. The van der Waals surface area contributed by atoms with Crippen molar-refractivity contribution in [2.75, 3.05) is 0 Å². The third-order valence-corrected chi connectivity index (χ3v) is 1.43. The van der Waals surface area contributed by atoms with Crippen LogP contribution in [0.2, 0.25) is 0 Å². The molecule has 0 aromatic rings. The average molecular weight is 177 g/mol. The predicted octanol–water partition coefficient (Wildman–Crippen LogP) is 1.13. The number of hydrogen-bond acceptors (Lipinski definition) is 2. The van der Waals surface area contributed by atoms with E-state index in [1.54, 1.807) is 12.2 Å². The topological polar surface area (TPSA) is 29.5 Å². The number of aliphatic hydroxyl groups excluding tert-OH is 1. The van der Waals surface area contributed by atoms with Gasteiger partial charge < -0.3 is 9.84 Å². The number of rotatable bonds is 0. The quantitative estimate of drug-likeness (QED) is 0.600. The van der Waals surface area contributed by atoms with Crippen LogP contribution in [0.1, 0.15) is 0 Å². The lowest BCUT2D eigenvalue weighted by Crippen LogP contribution is -2.09. The molecule has 0 saturated heterocycles. The largest absolute Gasteiger partial charge is 0.468 e. The fourth-order valence-corrected chi connectivity index (χ4v) is 0.659. The summed E-state index contributed by atoms with van der Waals surface area (Å²) in [5.74, 6) is 0. The lowest BCUT2D eigenvalue weighted by molar-refractivity contribution is -0.0157. The summed E-state index contributed by atoms with van der Waals surface area (Å²) in [7, 11) is 0. The van der Waals surface area contributed by atoms with E-state index < -0.39 is 6.29 Å². The molecular weight excluding hydrogens is 172 g/mol. The Balaban J connectivity index is 2.66. The summed E-state index contributed by atoms with van der Waals surface area (Å²) in [5.41, 5.74) is 0. The Morgan fingerprint density at radius 1 is 1.75 bits per heavy atom. The molecule has 44 valence electrons. The van der Waals surface area contributed by atoms with E-state index in [2.05, 4.69) is 20.7 Å². The van der Waals surface area contributed by atoms with Crippen molar-refractivity contribution in [2.24, 2.45) is 0 Å². The summed E-state index contributed by atoms with van der Waals surface area (Å²) < 4.78 is 5.30. The third-order valence-electron chi connectivity index (χ3n) is 0.777. The first-order chi connectivity index (χ1) is 3.80. The highest BCUT2D eigenvalue weighted by molar-refractivity contribution is 9.11. The zero-order valence-corrected chi connectivity index (χ0v) is 5.63. The fourth-order valence-electron chi connectivity index (χ4n) is 0.398. The monoisotopic (exact) mass is 176 g/mol. The minimum atomic E-state index is -0.806. The standard InChI is InChI=1S/C5H5BrO2/c6-4-2-1-3-8-5(4)7/h1-3,5,7H. The first-order valence-corrected chi connectivity index (χ1v) is 2.96. The summed E-state index contributed by atoms with van der Waals surface area (Å²) in [5, 5.41) is 8.79. The van der Waals surface area contributed by atoms with Gasteiger partial charge in [0.1, 0.15) is 0 Å². The van der Waals surface area contributed by atoms with Crippen LogP contribution >= 0.6 is 15.9 Å². The van der Waals surface area contributed by atoms with Gasteiger partial charge in [0.15, 0.2) is 0 Å². The third kappa shape index (κ3) is 1.11. The molecule has 1 atom stereocenters. The molecule has 1 aliphatic heterocycles. The Kier molecular flexibility index (Phi) is 1.70. The van der Waals surface area contributed by atoms with Gasteiger partial charge in [-0.05, 0) is 28.1 Å². The van der Waals surface area contributed by atoms with Gasteiger partial charge in [-0.25, -0.2) is 0 Å². The number of allylic oxidation sites excluding steroid dienone is 2. The van der Waals surface area contributed by atoms with Gasteiger partial charge in [0.05, 0.1) is 10.7 Å². The molecule has 0 fully saturated rings. The van der Waals surface area contributed by atoms with E-state index in [1.807, 2.05) is 0 Å². The van der Waals surface area contributed by atoms with E-state index in [-0.39, 0.29) is 0 Å². The molecule has 8 heavy (non-hydrogen) atoms. The molecule has 0 radical (unpaired) electrons. The summed E-state index contributed by atoms with van der Waals surface area (Å²) >= 11 is 3.09. The molecule has 1 aliphatic rings. The molecule has 1 unspecified atom stereocenters. The van der Waals surface area contributed by atoms with Crippen LogP contribution in [0.4, 0.5) is 0 Å². The SMILES string of the molecule is OC1OC=CC=C1Br. The Morgan fingerprint density at radius 2 is 2.50 bits per heavy atom. The van der Waals surface area contributed by atoms with E-state index in [9.17, 15) is 0 Å². The molecule has 1 N–H and O–H groups in total. The number of ether oxygens (including phenoxy) is 1. The smallest absolute Gasteiger partial charge is 0.229 e. The lowest BCUT2D eigenvalue weighted by Gasteiger charge is -2.10. The molecule has 1 heterocycles. The zero-order chi connectivity index (χ0) is 5.98. The van der Waals surface area contributed by atoms with Crippen molar-refractivity contribution < 1.29 is 9.84 Å². The maximum absolute atomic E-state index is 8.79. The van der Waals surface area contributed by atoms with Gasteiger partial charge in [-0.2, -0.15) is 0 Å². The number of hydrogen-bond donors (Lipinski definition) is 1. The number of aliphatic hydroxyl groups is 1. The van der Waals surface area contributed by atoms with E-state index in [0.717, 1.165) is 0 Å². The highest BCUT2D eigenvalue weighted by atomic mass is 79.9. The molecule has 2 nitrogen and oxygen atoms in total. The minimum absolute atomic E-state index is 0.653. The molecule has 0 aromatic heterocycles. The lowest BCUT2D eigenvalue weighted by atomic mass is 10.4. The first kappa shape index (κ1) is 5.85. The van der Waals surface area contributed by atoms with Gasteiger partial charge in [0.25, 0.3) is 0 Å². The Labute approximate surface area is 55.6 Å². The minimum Gasteiger partial charge on any atom is -0.468 e. The molecule has 0 spiro atoms. The zero-order valence-electron chi connectivity index (χ0n) is 4.04. The molecule has 0 saturated carbocycles. The van der Waals surface area contributed by atoms with Crippen molar-refractivity contribution in [2.45, 2.75) is 6.29 Å². The first-order valence-electron chi connectivity index (χ1n) is 2.16. The number of halogens is 1. The maximum atomic E-state index is 8.79. The molecule has 0 bridgehead atoms. The summed E-state index contributed by atoms with van der Waals surface area (Å²) in [6.45, 7) is 0. The molecule has 3 heteroatoms. The van der Waals surface area contributed by atoms with Crippen LogP contribution in [0.3, 0.4) is 0 Å². The Morgan fingerprint density at radius 3 is 2.88 bits per heavy atom. The normalized spacial score (nSPS) is 26.8. The van der Waals surface area contributed by atoms with Gasteiger partial charge in [0.2, 0.25) is 6.29 Å². The molecular formula is C5H5BrO2. The van der Waals surface area contributed by atoms with Crippen LogP contribution in [0.5, 0.6) is 0 Å². The Hall–Kier alpha value is -0.280.